The van der Waals surface area contributed by atoms with Crippen LogP contribution in [0.5, 0.6) is 0 Å². The second-order valence-corrected chi connectivity index (χ2v) is 7.26. The number of aromatic nitrogens is 2. The molecule has 0 spiro atoms. The first-order chi connectivity index (χ1) is 14.1. The van der Waals surface area contributed by atoms with Gasteiger partial charge in [0.2, 0.25) is 11.7 Å². The zero-order valence-corrected chi connectivity index (χ0v) is 16.3. The van der Waals surface area contributed by atoms with Crippen molar-refractivity contribution in [2.75, 3.05) is 26.2 Å². The van der Waals surface area contributed by atoms with Gasteiger partial charge >= 0.3 is 0 Å². The van der Waals surface area contributed by atoms with Crippen molar-refractivity contribution >= 4 is 5.69 Å². The number of rotatable bonds is 6. The topological polar surface area (TPSA) is 88.5 Å². The average Bonchev–Trinajstić information content (AvgIpc) is 3.18. The molecule has 2 heterocycles. The summed E-state index contributed by atoms with van der Waals surface area (Å²) >= 11 is 0. The fourth-order valence-corrected chi connectivity index (χ4v) is 3.61. The zero-order valence-electron chi connectivity index (χ0n) is 16.3. The summed E-state index contributed by atoms with van der Waals surface area (Å²) in [6, 6.07) is 14.9. The molecule has 4 rings (SSSR count). The van der Waals surface area contributed by atoms with Crippen molar-refractivity contribution < 1.29 is 9.45 Å². The molecule has 0 N–H and O–H groups in total. The monoisotopic (exact) mass is 393 g/mol. The molecule has 1 saturated heterocycles. The van der Waals surface area contributed by atoms with Gasteiger partial charge in [-0.25, -0.2) is 0 Å². The highest BCUT2D eigenvalue weighted by molar-refractivity contribution is 5.58. The molecule has 3 aromatic rings. The van der Waals surface area contributed by atoms with Gasteiger partial charge in [-0.2, -0.15) is 4.98 Å². The van der Waals surface area contributed by atoms with Crippen LogP contribution >= 0.6 is 0 Å². The Morgan fingerprint density at radius 3 is 2.38 bits per heavy atom. The first kappa shape index (κ1) is 19.2. The summed E-state index contributed by atoms with van der Waals surface area (Å²) in [6.07, 6.45) is 0. The Labute approximate surface area is 168 Å². The van der Waals surface area contributed by atoms with Gasteiger partial charge in [-0.1, -0.05) is 47.6 Å². The van der Waals surface area contributed by atoms with Crippen molar-refractivity contribution in [3.05, 3.63) is 75.7 Å². The molecule has 0 radical (unpaired) electrons. The Hall–Kier alpha value is -3.10. The minimum Gasteiger partial charge on any atom is -0.338 e. The van der Waals surface area contributed by atoms with E-state index in [0.717, 1.165) is 42.9 Å². The molecule has 2 aromatic carbocycles. The second-order valence-electron chi connectivity index (χ2n) is 7.26. The number of benzene rings is 2. The van der Waals surface area contributed by atoms with Gasteiger partial charge in [0.15, 0.2) is 0 Å². The molecule has 0 bridgehead atoms. The van der Waals surface area contributed by atoms with Gasteiger partial charge < -0.3 is 4.52 Å². The second kappa shape index (κ2) is 8.50. The van der Waals surface area contributed by atoms with Crippen LogP contribution in [0.15, 0.2) is 53.1 Å². The lowest BCUT2D eigenvalue weighted by molar-refractivity contribution is -0.385. The van der Waals surface area contributed by atoms with Crippen LogP contribution in [0.4, 0.5) is 5.69 Å². The molecule has 8 nitrogen and oxygen atoms in total. The van der Waals surface area contributed by atoms with Crippen molar-refractivity contribution in [2.45, 2.75) is 20.0 Å². The molecule has 150 valence electrons. The Morgan fingerprint density at radius 2 is 1.66 bits per heavy atom. The SMILES string of the molecule is Cc1ccccc1-c1noc(CN2CCN(Cc3ccccc3[N+](=O)[O-])CC2)n1. The Bertz CT molecular complexity index is 995. The van der Waals surface area contributed by atoms with Crippen LogP contribution < -0.4 is 0 Å². The minimum absolute atomic E-state index is 0.185. The van der Waals surface area contributed by atoms with E-state index in [4.69, 9.17) is 4.52 Å². The summed E-state index contributed by atoms with van der Waals surface area (Å²) in [7, 11) is 0. The minimum atomic E-state index is -0.312. The van der Waals surface area contributed by atoms with E-state index in [1.54, 1.807) is 12.1 Å². The zero-order chi connectivity index (χ0) is 20.2. The number of piperazine rings is 1. The highest BCUT2D eigenvalue weighted by Crippen LogP contribution is 2.22. The summed E-state index contributed by atoms with van der Waals surface area (Å²) < 4.78 is 5.45. The van der Waals surface area contributed by atoms with E-state index in [2.05, 4.69) is 19.9 Å². The van der Waals surface area contributed by atoms with Crippen LogP contribution in [0, 0.1) is 17.0 Å². The third-order valence-corrected chi connectivity index (χ3v) is 5.26. The molecule has 1 aliphatic heterocycles. The molecule has 0 aliphatic carbocycles. The third-order valence-electron chi connectivity index (χ3n) is 5.26. The molecule has 0 amide bonds. The highest BCUT2D eigenvalue weighted by atomic mass is 16.6. The number of hydrogen-bond donors (Lipinski definition) is 0. The van der Waals surface area contributed by atoms with E-state index < -0.39 is 0 Å². The normalized spacial score (nSPS) is 15.5. The number of hydrogen-bond acceptors (Lipinski definition) is 7. The molecule has 0 saturated carbocycles. The molecule has 29 heavy (non-hydrogen) atoms. The molecule has 1 aliphatic rings. The van der Waals surface area contributed by atoms with Crippen LogP contribution in [-0.2, 0) is 13.1 Å². The lowest BCUT2D eigenvalue weighted by Gasteiger charge is -2.33. The van der Waals surface area contributed by atoms with Crippen LogP contribution in [0.25, 0.3) is 11.4 Å². The van der Waals surface area contributed by atoms with E-state index in [-0.39, 0.29) is 10.6 Å². The maximum atomic E-state index is 11.2. The molecular formula is C21H23N5O3. The fraction of sp³-hybridized carbons (Fsp3) is 0.333. The Balaban J connectivity index is 1.33. The third kappa shape index (κ3) is 4.49. The number of aryl methyl sites for hydroxylation is 1. The van der Waals surface area contributed by atoms with Gasteiger partial charge in [0.25, 0.3) is 5.69 Å². The van der Waals surface area contributed by atoms with Crippen LogP contribution in [0.3, 0.4) is 0 Å². The first-order valence-electron chi connectivity index (χ1n) is 9.66. The number of nitro benzene ring substituents is 1. The highest BCUT2D eigenvalue weighted by Gasteiger charge is 2.22. The maximum absolute atomic E-state index is 11.2. The molecule has 8 heteroatoms. The van der Waals surface area contributed by atoms with Gasteiger partial charge in [0.05, 0.1) is 11.5 Å². The smallest absolute Gasteiger partial charge is 0.273 e. The fourth-order valence-electron chi connectivity index (χ4n) is 3.61. The number of nitro groups is 1. The number of nitrogens with zero attached hydrogens (tertiary/aromatic N) is 5. The maximum Gasteiger partial charge on any atom is 0.273 e. The Morgan fingerprint density at radius 1 is 1.00 bits per heavy atom. The van der Waals surface area contributed by atoms with Gasteiger partial charge in [-0.05, 0) is 12.5 Å². The van der Waals surface area contributed by atoms with Gasteiger partial charge in [0.1, 0.15) is 0 Å². The molecular weight excluding hydrogens is 370 g/mol. The van der Waals surface area contributed by atoms with Crippen molar-refractivity contribution in [2.24, 2.45) is 0 Å². The molecule has 1 aromatic heterocycles. The van der Waals surface area contributed by atoms with E-state index in [1.807, 2.05) is 43.3 Å². The standard InChI is InChI=1S/C21H23N5O3/c1-16-6-2-4-8-18(16)21-22-20(29-23-21)15-25-12-10-24(11-13-25)14-17-7-3-5-9-19(17)26(27)28/h2-9H,10-15H2,1H3. The van der Waals surface area contributed by atoms with E-state index in [1.165, 1.54) is 0 Å². The van der Waals surface area contributed by atoms with Crippen molar-refractivity contribution in [1.29, 1.82) is 0 Å². The summed E-state index contributed by atoms with van der Waals surface area (Å²) in [4.78, 5) is 19.9. The number of para-hydroxylation sites is 1. The summed E-state index contributed by atoms with van der Waals surface area (Å²) in [5.41, 5.74) is 3.04. The van der Waals surface area contributed by atoms with E-state index >= 15 is 0 Å². The van der Waals surface area contributed by atoms with Crippen molar-refractivity contribution in [3.63, 3.8) is 0 Å². The van der Waals surface area contributed by atoms with Gasteiger partial charge in [0, 0.05) is 49.9 Å². The predicted molar refractivity (Wildman–Crippen MR) is 108 cm³/mol. The van der Waals surface area contributed by atoms with Crippen LogP contribution in [0.2, 0.25) is 0 Å². The lowest BCUT2D eigenvalue weighted by atomic mass is 10.1. The van der Waals surface area contributed by atoms with Gasteiger partial charge in [-0.15, -0.1) is 0 Å². The van der Waals surface area contributed by atoms with E-state index in [9.17, 15) is 10.1 Å². The first-order valence-corrected chi connectivity index (χ1v) is 9.66. The molecule has 0 unspecified atom stereocenters. The van der Waals surface area contributed by atoms with Gasteiger partial charge in [-0.3, -0.25) is 19.9 Å². The van der Waals surface area contributed by atoms with E-state index in [0.29, 0.717) is 24.8 Å². The van der Waals surface area contributed by atoms with Crippen molar-refractivity contribution in [1.82, 2.24) is 19.9 Å². The van der Waals surface area contributed by atoms with Crippen LogP contribution in [0.1, 0.15) is 17.0 Å². The summed E-state index contributed by atoms with van der Waals surface area (Å²) in [6.45, 7) is 6.60. The average molecular weight is 393 g/mol. The largest absolute Gasteiger partial charge is 0.338 e. The molecule has 1 fully saturated rings. The molecule has 0 atom stereocenters. The Kier molecular flexibility index (Phi) is 5.64. The lowest BCUT2D eigenvalue weighted by Crippen LogP contribution is -2.45. The van der Waals surface area contributed by atoms with Crippen molar-refractivity contribution in [3.8, 4) is 11.4 Å². The summed E-state index contributed by atoms with van der Waals surface area (Å²) in [5.74, 6) is 1.23. The van der Waals surface area contributed by atoms with Crippen LogP contribution in [-0.4, -0.2) is 51.0 Å². The predicted octanol–water partition coefficient (Wildman–Crippen LogP) is 3.27. The summed E-state index contributed by atoms with van der Waals surface area (Å²) in [5, 5.41) is 15.3. The quantitative estimate of drug-likeness (QED) is 0.469.